The van der Waals surface area contributed by atoms with Crippen molar-refractivity contribution in [1.29, 1.82) is 0 Å². The first-order chi connectivity index (χ1) is 10.7. The van der Waals surface area contributed by atoms with Crippen molar-refractivity contribution < 1.29 is 13.2 Å². The topological polar surface area (TPSA) is 73.5 Å². The monoisotopic (exact) mass is 339 g/mol. The zero-order valence-corrected chi connectivity index (χ0v) is 14.5. The van der Waals surface area contributed by atoms with Crippen molar-refractivity contribution in [2.24, 2.45) is 14.1 Å². The maximum atomic E-state index is 13.0. The van der Waals surface area contributed by atoms with Crippen molar-refractivity contribution in [2.75, 3.05) is 13.2 Å². The highest BCUT2D eigenvalue weighted by atomic mass is 32.2. The molecule has 23 heavy (non-hydrogen) atoms. The van der Waals surface area contributed by atoms with Crippen LogP contribution in [0.4, 0.5) is 0 Å². The van der Waals surface area contributed by atoms with Crippen molar-refractivity contribution >= 4 is 21.1 Å². The summed E-state index contributed by atoms with van der Waals surface area (Å²) in [6.07, 6.45) is -0.134. The molecule has 0 radical (unpaired) electrons. The van der Waals surface area contributed by atoms with Gasteiger partial charge in [-0.1, -0.05) is 0 Å². The zero-order valence-electron chi connectivity index (χ0n) is 13.7. The lowest BCUT2D eigenvalue weighted by Crippen LogP contribution is -2.50. The molecule has 1 aliphatic heterocycles. The summed E-state index contributed by atoms with van der Waals surface area (Å²) in [5.74, 6) is 0. The Balaban J connectivity index is 2.11. The Kier molecular flexibility index (Phi) is 3.86. The summed E-state index contributed by atoms with van der Waals surface area (Å²) < 4.78 is 35.9. The van der Waals surface area contributed by atoms with Crippen LogP contribution < -0.4 is 5.69 Å². The molecule has 1 saturated heterocycles. The number of benzene rings is 1. The van der Waals surface area contributed by atoms with E-state index in [-0.39, 0.29) is 22.7 Å². The number of nitrogens with zero attached hydrogens (tertiary/aromatic N) is 3. The molecule has 0 bridgehead atoms. The quantitative estimate of drug-likeness (QED) is 0.806. The molecule has 126 valence electrons. The second-order valence-electron chi connectivity index (χ2n) is 6.12. The van der Waals surface area contributed by atoms with Gasteiger partial charge in [-0.15, -0.1) is 0 Å². The Morgan fingerprint density at radius 1 is 1.13 bits per heavy atom. The lowest BCUT2D eigenvalue weighted by Gasteiger charge is -2.35. The number of aromatic nitrogens is 2. The van der Waals surface area contributed by atoms with Crippen LogP contribution in [0.3, 0.4) is 0 Å². The Bertz CT molecular complexity index is 913. The largest absolute Gasteiger partial charge is 0.375 e. The maximum Gasteiger partial charge on any atom is 0.328 e. The van der Waals surface area contributed by atoms with Gasteiger partial charge in [-0.25, -0.2) is 13.2 Å². The molecule has 0 N–H and O–H groups in total. The summed E-state index contributed by atoms with van der Waals surface area (Å²) in [5, 5.41) is 0. The van der Waals surface area contributed by atoms with E-state index in [0.29, 0.717) is 24.2 Å². The van der Waals surface area contributed by atoms with Crippen LogP contribution in [0, 0.1) is 0 Å². The third kappa shape index (κ3) is 2.50. The van der Waals surface area contributed by atoms with E-state index < -0.39 is 10.0 Å². The standard InChI is InChI=1S/C15H21N3O4S/c1-10-9-22-11(2)8-18(10)23(20,21)12-5-6-13-14(7-12)17(4)15(19)16(13)3/h5-7,10-11H,8-9H2,1-4H3. The van der Waals surface area contributed by atoms with Gasteiger partial charge in [0.15, 0.2) is 0 Å². The van der Waals surface area contributed by atoms with E-state index in [9.17, 15) is 13.2 Å². The minimum atomic E-state index is -3.63. The lowest BCUT2D eigenvalue weighted by atomic mass is 10.2. The molecule has 3 rings (SSSR count). The van der Waals surface area contributed by atoms with Crippen molar-refractivity contribution in [3.05, 3.63) is 28.7 Å². The molecule has 0 spiro atoms. The molecule has 7 nitrogen and oxygen atoms in total. The summed E-state index contributed by atoms with van der Waals surface area (Å²) in [7, 11) is -0.317. The molecule has 8 heteroatoms. The van der Waals surface area contributed by atoms with Gasteiger partial charge in [-0.05, 0) is 32.0 Å². The van der Waals surface area contributed by atoms with Crippen molar-refractivity contribution in [3.63, 3.8) is 0 Å². The highest BCUT2D eigenvalue weighted by molar-refractivity contribution is 7.89. The number of ether oxygens (including phenoxy) is 1. The molecule has 2 unspecified atom stereocenters. The van der Waals surface area contributed by atoms with Crippen molar-refractivity contribution in [1.82, 2.24) is 13.4 Å². The molecule has 2 atom stereocenters. The van der Waals surface area contributed by atoms with Crippen LogP contribution in [-0.2, 0) is 28.9 Å². The summed E-state index contributed by atoms with van der Waals surface area (Å²) in [5.41, 5.74) is 1.13. The smallest absolute Gasteiger partial charge is 0.328 e. The number of imidazole rings is 1. The second kappa shape index (κ2) is 5.47. The van der Waals surface area contributed by atoms with Crippen LogP contribution in [0.1, 0.15) is 13.8 Å². The third-order valence-corrected chi connectivity index (χ3v) is 6.38. The molecule has 0 saturated carbocycles. The van der Waals surface area contributed by atoms with Gasteiger partial charge < -0.3 is 4.74 Å². The first-order valence-corrected chi connectivity index (χ1v) is 8.96. The minimum absolute atomic E-state index is 0.134. The van der Waals surface area contributed by atoms with Gasteiger partial charge in [-0.2, -0.15) is 4.31 Å². The summed E-state index contributed by atoms with van der Waals surface area (Å²) in [6.45, 7) is 4.40. The number of aryl methyl sites for hydroxylation is 2. The average Bonchev–Trinajstić information content (AvgIpc) is 2.74. The molecule has 0 aliphatic carbocycles. The molecule has 1 aromatic heterocycles. The van der Waals surface area contributed by atoms with Crippen molar-refractivity contribution in [2.45, 2.75) is 30.9 Å². The van der Waals surface area contributed by atoms with E-state index in [2.05, 4.69) is 0 Å². The highest BCUT2D eigenvalue weighted by Gasteiger charge is 2.34. The normalized spacial score (nSPS) is 23.5. The molecule has 2 heterocycles. The van der Waals surface area contributed by atoms with E-state index in [0.717, 1.165) is 0 Å². The highest BCUT2D eigenvalue weighted by Crippen LogP contribution is 2.25. The first-order valence-electron chi connectivity index (χ1n) is 7.52. The lowest BCUT2D eigenvalue weighted by molar-refractivity contribution is -0.0170. The van der Waals surface area contributed by atoms with Gasteiger partial charge in [0, 0.05) is 26.7 Å². The number of fused-ring (bicyclic) bond motifs is 1. The number of morpholine rings is 1. The predicted molar refractivity (Wildman–Crippen MR) is 86.9 cm³/mol. The molecule has 1 aliphatic rings. The summed E-state index contributed by atoms with van der Waals surface area (Å²) >= 11 is 0. The Morgan fingerprint density at radius 2 is 1.78 bits per heavy atom. The van der Waals surface area contributed by atoms with E-state index >= 15 is 0 Å². The van der Waals surface area contributed by atoms with Crippen molar-refractivity contribution in [3.8, 4) is 0 Å². The van der Waals surface area contributed by atoms with Crippen LogP contribution in [-0.4, -0.2) is 47.2 Å². The first kappa shape index (κ1) is 16.2. The molecular weight excluding hydrogens is 318 g/mol. The molecule has 1 fully saturated rings. The van der Waals surface area contributed by atoms with Gasteiger partial charge in [0.25, 0.3) is 0 Å². The molecule has 2 aromatic rings. The van der Waals surface area contributed by atoms with Gasteiger partial charge in [0.05, 0.1) is 28.6 Å². The minimum Gasteiger partial charge on any atom is -0.375 e. The zero-order chi connectivity index (χ0) is 16.9. The fourth-order valence-electron chi connectivity index (χ4n) is 2.99. The number of sulfonamides is 1. The predicted octanol–water partition coefficient (Wildman–Crippen LogP) is 0.675. The van der Waals surface area contributed by atoms with Crippen LogP contribution in [0.5, 0.6) is 0 Å². The molecule has 0 amide bonds. The molecule has 1 aromatic carbocycles. The summed E-state index contributed by atoms with van der Waals surface area (Å²) in [6, 6.07) is 4.59. The Morgan fingerprint density at radius 3 is 2.48 bits per heavy atom. The van der Waals surface area contributed by atoms with Crippen LogP contribution in [0.15, 0.2) is 27.9 Å². The van der Waals surface area contributed by atoms with Gasteiger partial charge >= 0.3 is 5.69 Å². The van der Waals surface area contributed by atoms with Crippen LogP contribution >= 0.6 is 0 Å². The number of hydrogen-bond donors (Lipinski definition) is 0. The maximum absolute atomic E-state index is 13.0. The number of hydrogen-bond acceptors (Lipinski definition) is 4. The average molecular weight is 339 g/mol. The van der Waals surface area contributed by atoms with E-state index in [4.69, 9.17) is 4.74 Å². The fraction of sp³-hybridized carbons (Fsp3) is 0.533. The third-order valence-electron chi connectivity index (χ3n) is 4.40. The Labute approximate surface area is 135 Å². The number of rotatable bonds is 2. The van der Waals surface area contributed by atoms with Crippen LogP contribution in [0.2, 0.25) is 0 Å². The van der Waals surface area contributed by atoms with Gasteiger partial charge in [0.2, 0.25) is 10.0 Å². The summed E-state index contributed by atoms with van der Waals surface area (Å²) in [4.78, 5) is 12.2. The van der Waals surface area contributed by atoms with E-state index in [1.165, 1.54) is 13.4 Å². The fourth-order valence-corrected chi connectivity index (χ4v) is 4.70. The Hall–Kier alpha value is -1.64. The van der Waals surface area contributed by atoms with Gasteiger partial charge in [0.1, 0.15) is 0 Å². The second-order valence-corrected chi connectivity index (χ2v) is 8.01. The SMILES string of the molecule is CC1CN(S(=O)(=O)c2ccc3c(c2)n(C)c(=O)n3C)C(C)CO1. The van der Waals surface area contributed by atoms with Gasteiger partial charge in [-0.3, -0.25) is 9.13 Å². The van der Waals surface area contributed by atoms with E-state index in [1.807, 2.05) is 13.8 Å². The van der Waals surface area contributed by atoms with Crippen LogP contribution in [0.25, 0.3) is 11.0 Å². The van der Waals surface area contributed by atoms with E-state index in [1.54, 1.807) is 32.3 Å². The molecular formula is C15H21N3O4S.